The number of aliphatic hydroxyl groups is 1. The van der Waals surface area contributed by atoms with E-state index in [1.54, 1.807) is 0 Å². The normalized spacial score (nSPS) is 30.8. The third kappa shape index (κ3) is 2.40. The standard InChI is InChI=1S/C14H22N4O/c15-17-12-5-3-6-13(16-12)18-9-8-14(19)7-2-1-4-11(14)10-18/h3,5-6,11,19H,1-2,4,7-10,15H2,(H,16,17). The summed E-state index contributed by atoms with van der Waals surface area (Å²) in [6, 6.07) is 5.82. The summed E-state index contributed by atoms with van der Waals surface area (Å²) in [4.78, 5) is 6.75. The third-order valence-electron chi connectivity index (χ3n) is 4.63. The zero-order chi connectivity index (χ0) is 13.3. The van der Waals surface area contributed by atoms with Crippen molar-refractivity contribution in [3.63, 3.8) is 0 Å². The first-order chi connectivity index (χ1) is 9.21. The SMILES string of the molecule is NNc1cccc(N2CCC3(O)CCCCC3C2)n1. The van der Waals surface area contributed by atoms with Crippen molar-refractivity contribution in [3.05, 3.63) is 18.2 Å². The van der Waals surface area contributed by atoms with Crippen LogP contribution in [0.3, 0.4) is 0 Å². The van der Waals surface area contributed by atoms with E-state index in [1.807, 2.05) is 18.2 Å². The lowest BCUT2D eigenvalue weighted by Crippen LogP contribution is -2.53. The zero-order valence-corrected chi connectivity index (χ0v) is 11.2. The molecule has 5 heteroatoms. The molecule has 5 nitrogen and oxygen atoms in total. The predicted octanol–water partition coefficient (Wildman–Crippen LogP) is 1.50. The lowest BCUT2D eigenvalue weighted by atomic mass is 9.71. The Morgan fingerprint density at radius 2 is 2.26 bits per heavy atom. The summed E-state index contributed by atoms with van der Waals surface area (Å²) in [7, 11) is 0. The molecule has 3 rings (SSSR count). The summed E-state index contributed by atoms with van der Waals surface area (Å²) in [6.07, 6.45) is 5.33. The number of nitrogen functional groups attached to an aromatic ring is 1. The van der Waals surface area contributed by atoms with Crippen LogP contribution in [0, 0.1) is 5.92 Å². The molecule has 0 radical (unpaired) electrons. The van der Waals surface area contributed by atoms with E-state index in [4.69, 9.17) is 5.84 Å². The van der Waals surface area contributed by atoms with Crippen LogP contribution in [-0.2, 0) is 0 Å². The molecule has 1 aliphatic carbocycles. The van der Waals surface area contributed by atoms with Crippen LogP contribution >= 0.6 is 0 Å². The number of fused-ring (bicyclic) bond motifs is 1. The van der Waals surface area contributed by atoms with Crippen LogP contribution in [0.25, 0.3) is 0 Å². The highest BCUT2D eigenvalue weighted by molar-refractivity contribution is 5.47. The Hall–Kier alpha value is -1.33. The van der Waals surface area contributed by atoms with Crippen LogP contribution in [0.15, 0.2) is 18.2 Å². The summed E-state index contributed by atoms with van der Waals surface area (Å²) in [5.41, 5.74) is 2.15. The van der Waals surface area contributed by atoms with Crippen LogP contribution < -0.4 is 16.2 Å². The molecule has 2 fully saturated rings. The Morgan fingerprint density at radius 3 is 3.11 bits per heavy atom. The molecule has 1 aliphatic heterocycles. The van der Waals surface area contributed by atoms with Crippen molar-refractivity contribution < 1.29 is 5.11 Å². The molecule has 2 unspecified atom stereocenters. The number of nitrogens with zero attached hydrogens (tertiary/aromatic N) is 2. The van der Waals surface area contributed by atoms with Crippen LogP contribution in [0.4, 0.5) is 11.6 Å². The van der Waals surface area contributed by atoms with Crippen molar-refractivity contribution in [3.8, 4) is 0 Å². The van der Waals surface area contributed by atoms with Gasteiger partial charge in [0.05, 0.1) is 5.60 Å². The van der Waals surface area contributed by atoms with E-state index in [-0.39, 0.29) is 0 Å². The Morgan fingerprint density at radius 1 is 1.37 bits per heavy atom. The van der Waals surface area contributed by atoms with Gasteiger partial charge in [-0.3, -0.25) is 0 Å². The average molecular weight is 262 g/mol. The fraction of sp³-hybridized carbons (Fsp3) is 0.643. The van der Waals surface area contributed by atoms with Gasteiger partial charge in [0.25, 0.3) is 0 Å². The lowest BCUT2D eigenvalue weighted by molar-refractivity contribution is -0.0613. The van der Waals surface area contributed by atoms with Crippen LogP contribution in [0.2, 0.25) is 0 Å². The van der Waals surface area contributed by atoms with E-state index >= 15 is 0 Å². The predicted molar refractivity (Wildman–Crippen MR) is 75.8 cm³/mol. The summed E-state index contributed by atoms with van der Waals surface area (Å²) in [6.45, 7) is 1.77. The fourth-order valence-corrected chi connectivity index (χ4v) is 3.46. The number of hydrazine groups is 1. The second kappa shape index (κ2) is 4.98. The second-order valence-electron chi connectivity index (χ2n) is 5.77. The van der Waals surface area contributed by atoms with Gasteiger partial charge in [-0.2, -0.15) is 0 Å². The Bertz CT molecular complexity index is 453. The first kappa shape index (κ1) is 12.7. The molecule has 2 aliphatic rings. The minimum atomic E-state index is -0.432. The molecule has 2 heterocycles. The van der Waals surface area contributed by atoms with E-state index < -0.39 is 5.60 Å². The maximum absolute atomic E-state index is 10.7. The average Bonchev–Trinajstić information content (AvgIpc) is 2.46. The van der Waals surface area contributed by atoms with Gasteiger partial charge in [-0.15, -0.1) is 0 Å². The van der Waals surface area contributed by atoms with Crippen molar-refractivity contribution in [2.45, 2.75) is 37.7 Å². The van der Waals surface area contributed by atoms with E-state index in [2.05, 4.69) is 15.3 Å². The van der Waals surface area contributed by atoms with Gasteiger partial charge >= 0.3 is 0 Å². The summed E-state index contributed by atoms with van der Waals surface area (Å²) in [5.74, 6) is 7.41. The number of rotatable bonds is 2. The smallest absolute Gasteiger partial charge is 0.142 e. The summed E-state index contributed by atoms with van der Waals surface area (Å²) < 4.78 is 0. The van der Waals surface area contributed by atoms with E-state index in [0.29, 0.717) is 11.7 Å². The Kier molecular flexibility index (Phi) is 3.33. The first-order valence-electron chi connectivity index (χ1n) is 7.12. The molecule has 19 heavy (non-hydrogen) atoms. The molecule has 104 valence electrons. The minimum Gasteiger partial charge on any atom is -0.389 e. The van der Waals surface area contributed by atoms with E-state index in [0.717, 1.165) is 44.6 Å². The maximum atomic E-state index is 10.7. The van der Waals surface area contributed by atoms with Crippen molar-refractivity contribution >= 4 is 11.6 Å². The largest absolute Gasteiger partial charge is 0.389 e. The Balaban J connectivity index is 1.76. The van der Waals surface area contributed by atoms with Crippen LogP contribution in [0.1, 0.15) is 32.1 Å². The number of aromatic nitrogens is 1. The van der Waals surface area contributed by atoms with Gasteiger partial charge in [-0.05, 0) is 31.4 Å². The van der Waals surface area contributed by atoms with Crippen molar-refractivity contribution in [1.29, 1.82) is 0 Å². The number of anilines is 2. The summed E-state index contributed by atoms with van der Waals surface area (Å²) >= 11 is 0. The fourth-order valence-electron chi connectivity index (χ4n) is 3.46. The molecule has 0 spiro atoms. The lowest BCUT2D eigenvalue weighted by Gasteiger charge is -2.47. The molecule has 1 saturated heterocycles. The highest BCUT2D eigenvalue weighted by Gasteiger charge is 2.42. The second-order valence-corrected chi connectivity index (χ2v) is 5.77. The van der Waals surface area contributed by atoms with Crippen LogP contribution in [-0.4, -0.2) is 28.8 Å². The van der Waals surface area contributed by atoms with E-state index in [1.165, 1.54) is 6.42 Å². The minimum absolute atomic E-state index is 0.381. The third-order valence-corrected chi connectivity index (χ3v) is 4.63. The van der Waals surface area contributed by atoms with Gasteiger partial charge in [0, 0.05) is 19.0 Å². The molecule has 1 aromatic heterocycles. The van der Waals surface area contributed by atoms with Gasteiger partial charge in [0.1, 0.15) is 11.6 Å². The number of pyridine rings is 1. The number of hydrogen-bond acceptors (Lipinski definition) is 5. The molecule has 1 aromatic rings. The van der Waals surface area contributed by atoms with Crippen LogP contribution in [0.5, 0.6) is 0 Å². The van der Waals surface area contributed by atoms with Crippen molar-refractivity contribution in [2.24, 2.45) is 11.8 Å². The molecule has 2 atom stereocenters. The molecule has 0 amide bonds. The van der Waals surface area contributed by atoms with Gasteiger partial charge < -0.3 is 15.4 Å². The van der Waals surface area contributed by atoms with Gasteiger partial charge in [0.2, 0.25) is 0 Å². The molecular weight excluding hydrogens is 240 g/mol. The van der Waals surface area contributed by atoms with Crippen molar-refractivity contribution in [2.75, 3.05) is 23.4 Å². The highest BCUT2D eigenvalue weighted by atomic mass is 16.3. The maximum Gasteiger partial charge on any atom is 0.142 e. The molecule has 0 bridgehead atoms. The van der Waals surface area contributed by atoms with Gasteiger partial charge in [0.15, 0.2) is 0 Å². The number of piperidine rings is 1. The first-order valence-corrected chi connectivity index (χ1v) is 7.12. The van der Waals surface area contributed by atoms with Crippen molar-refractivity contribution in [1.82, 2.24) is 4.98 Å². The van der Waals surface area contributed by atoms with Gasteiger partial charge in [-0.25, -0.2) is 10.8 Å². The Labute approximate surface area is 113 Å². The molecular formula is C14H22N4O. The summed E-state index contributed by atoms with van der Waals surface area (Å²) in [5, 5.41) is 10.7. The molecule has 0 aromatic carbocycles. The number of nitrogens with one attached hydrogen (secondary N) is 1. The number of nitrogens with two attached hydrogens (primary N) is 1. The molecule has 1 saturated carbocycles. The van der Waals surface area contributed by atoms with E-state index in [9.17, 15) is 5.11 Å². The number of hydrogen-bond donors (Lipinski definition) is 3. The monoisotopic (exact) mass is 262 g/mol. The van der Waals surface area contributed by atoms with Gasteiger partial charge in [-0.1, -0.05) is 18.9 Å². The quantitative estimate of drug-likeness (QED) is 0.556. The highest BCUT2D eigenvalue weighted by Crippen LogP contribution is 2.40. The topological polar surface area (TPSA) is 74.4 Å². The zero-order valence-electron chi connectivity index (χ0n) is 11.2. The molecule has 4 N–H and O–H groups in total.